The van der Waals surface area contributed by atoms with Crippen LogP contribution in [-0.2, 0) is 25.6 Å². The molecule has 3 rings (SSSR count). The molecule has 1 amide bonds. The average molecular weight is 481 g/mol. The quantitative estimate of drug-likeness (QED) is 0.305. The van der Waals surface area contributed by atoms with Gasteiger partial charge in [-0.15, -0.1) is 0 Å². The molecule has 0 saturated carbocycles. The summed E-state index contributed by atoms with van der Waals surface area (Å²) >= 11 is 0. The summed E-state index contributed by atoms with van der Waals surface area (Å²) < 4.78 is 22.4. The van der Waals surface area contributed by atoms with Gasteiger partial charge in [-0.2, -0.15) is 0 Å². The van der Waals surface area contributed by atoms with Gasteiger partial charge in [0.05, 0.1) is 19.7 Å². The molecule has 0 unspecified atom stereocenters. The second kappa shape index (κ2) is 10.8. The monoisotopic (exact) mass is 480 g/mol. The van der Waals surface area contributed by atoms with Crippen LogP contribution in [-0.4, -0.2) is 42.5 Å². The maximum absolute atomic E-state index is 12.9. The molecule has 184 valence electrons. The normalized spacial score (nSPS) is 11.6. The molecule has 9 heteroatoms. The van der Waals surface area contributed by atoms with Crippen LogP contribution in [0.2, 0.25) is 0 Å². The number of esters is 1. The van der Waals surface area contributed by atoms with E-state index in [0.29, 0.717) is 22.2 Å². The summed E-state index contributed by atoms with van der Waals surface area (Å²) in [6.45, 7) is 5.31. The van der Waals surface area contributed by atoms with Crippen LogP contribution in [0.3, 0.4) is 0 Å². The summed E-state index contributed by atoms with van der Waals surface area (Å²) in [6, 6.07) is 14.3. The minimum atomic E-state index is -0.839. The van der Waals surface area contributed by atoms with Gasteiger partial charge >= 0.3 is 18.2 Å². The number of amides is 1. The van der Waals surface area contributed by atoms with Crippen molar-refractivity contribution in [1.82, 2.24) is 9.88 Å². The largest absolute Gasteiger partial charge is 0.496 e. The fourth-order valence-corrected chi connectivity index (χ4v) is 3.31. The molecule has 1 aromatic heterocycles. The average Bonchev–Trinajstić information content (AvgIpc) is 3.20. The third-order valence-corrected chi connectivity index (χ3v) is 4.79. The van der Waals surface area contributed by atoms with Crippen LogP contribution in [0.5, 0.6) is 5.75 Å². The summed E-state index contributed by atoms with van der Waals surface area (Å²) in [7, 11) is 2.69. The highest BCUT2D eigenvalue weighted by Gasteiger charge is 2.23. The molecule has 9 nitrogen and oxygen atoms in total. The lowest BCUT2D eigenvalue weighted by Crippen LogP contribution is -2.28. The van der Waals surface area contributed by atoms with Crippen molar-refractivity contribution in [3.63, 3.8) is 0 Å². The van der Waals surface area contributed by atoms with Crippen LogP contribution in [0, 0.1) is 0 Å². The molecule has 35 heavy (non-hydrogen) atoms. The molecule has 0 spiro atoms. The Labute approximate surface area is 203 Å². The molecule has 1 heterocycles. The Morgan fingerprint density at radius 2 is 1.71 bits per heavy atom. The van der Waals surface area contributed by atoms with E-state index in [0.717, 1.165) is 5.56 Å². The number of aromatic nitrogens is 1. The molecule has 0 bridgehead atoms. The van der Waals surface area contributed by atoms with Crippen molar-refractivity contribution < 1.29 is 33.3 Å². The number of fused-ring (bicyclic) bond motifs is 1. The molecule has 0 radical (unpaired) electrons. The number of carbonyl (C=O) groups excluding carboxylic acids is 3. The lowest BCUT2D eigenvalue weighted by atomic mass is 10.1. The van der Waals surface area contributed by atoms with E-state index in [2.05, 4.69) is 5.32 Å². The molecule has 0 atom stereocenters. The Morgan fingerprint density at radius 3 is 2.34 bits per heavy atom. The van der Waals surface area contributed by atoms with Crippen molar-refractivity contribution in [2.24, 2.45) is 0 Å². The first-order valence-electron chi connectivity index (χ1n) is 10.8. The van der Waals surface area contributed by atoms with Gasteiger partial charge in [-0.05, 0) is 44.5 Å². The number of alkyl carbamates (subject to hydrolysis) is 1. The first kappa shape index (κ1) is 25.4. The molecular weight excluding hydrogens is 452 g/mol. The predicted molar refractivity (Wildman–Crippen MR) is 130 cm³/mol. The van der Waals surface area contributed by atoms with Gasteiger partial charge in [0.1, 0.15) is 23.7 Å². The van der Waals surface area contributed by atoms with E-state index in [1.54, 1.807) is 39.0 Å². The van der Waals surface area contributed by atoms with Crippen LogP contribution >= 0.6 is 0 Å². The number of ether oxygens (including phenoxy) is 4. The standard InChI is InChI=1S/C26H28N2O7/c1-26(2,3)35-25(31)28-15-18(22-20(28)12-9-13-21(22)32-4)14-19(23(29)33-5)27-24(30)34-16-17-10-7-6-8-11-17/h6-15H,16H2,1-5H3,(H,27,30)/b19-14-. The zero-order valence-corrected chi connectivity index (χ0v) is 20.3. The zero-order chi connectivity index (χ0) is 25.6. The van der Waals surface area contributed by atoms with Crippen molar-refractivity contribution in [3.8, 4) is 5.75 Å². The molecule has 0 fully saturated rings. The van der Waals surface area contributed by atoms with Crippen molar-refractivity contribution in [3.05, 3.63) is 71.6 Å². The lowest BCUT2D eigenvalue weighted by molar-refractivity contribution is -0.136. The first-order valence-corrected chi connectivity index (χ1v) is 10.8. The molecule has 3 aromatic rings. The summed E-state index contributed by atoms with van der Waals surface area (Å²) in [6.07, 6.45) is 1.45. The van der Waals surface area contributed by atoms with E-state index >= 15 is 0 Å². The van der Waals surface area contributed by atoms with Crippen molar-refractivity contribution in [1.29, 1.82) is 0 Å². The Kier molecular flexibility index (Phi) is 7.80. The second-order valence-electron chi connectivity index (χ2n) is 8.53. The smallest absolute Gasteiger partial charge is 0.419 e. The van der Waals surface area contributed by atoms with Crippen molar-refractivity contribution in [2.45, 2.75) is 33.0 Å². The zero-order valence-electron chi connectivity index (χ0n) is 20.3. The molecule has 0 saturated heterocycles. The van der Waals surface area contributed by atoms with E-state index < -0.39 is 23.8 Å². The van der Waals surface area contributed by atoms with Gasteiger partial charge < -0.3 is 18.9 Å². The highest BCUT2D eigenvalue weighted by Crippen LogP contribution is 2.32. The summed E-state index contributed by atoms with van der Waals surface area (Å²) in [5, 5.41) is 2.97. The molecular formula is C26H28N2O7. The van der Waals surface area contributed by atoms with Gasteiger partial charge in [-0.1, -0.05) is 36.4 Å². The fraction of sp³-hybridized carbons (Fsp3) is 0.269. The predicted octanol–water partition coefficient (Wildman–Crippen LogP) is 4.87. The van der Waals surface area contributed by atoms with Gasteiger partial charge in [0.15, 0.2) is 0 Å². The molecule has 2 aromatic carbocycles. The van der Waals surface area contributed by atoms with Gasteiger partial charge in [-0.3, -0.25) is 9.88 Å². The highest BCUT2D eigenvalue weighted by molar-refractivity contribution is 6.03. The number of rotatable bonds is 6. The number of carbonyl (C=O) groups is 3. The summed E-state index contributed by atoms with van der Waals surface area (Å²) in [5.74, 6) is -0.332. The van der Waals surface area contributed by atoms with Crippen molar-refractivity contribution >= 4 is 35.1 Å². The summed E-state index contributed by atoms with van der Waals surface area (Å²) in [5.41, 5.74) is 0.813. The Bertz CT molecular complexity index is 1250. The Balaban J connectivity index is 1.99. The molecule has 0 aliphatic rings. The van der Waals surface area contributed by atoms with Crippen molar-refractivity contribution in [2.75, 3.05) is 14.2 Å². The van der Waals surface area contributed by atoms with Crippen LogP contribution < -0.4 is 10.1 Å². The lowest BCUT2D eigenvalue weighted by Gasteiger charge is -2.19. The SMILES string of the molecule is COC(=O)/C(=C/c1cn(C(=O)OC(C)(C)C)c2cccc(OC)c12)NC(=O)OCc1ccccc1. The van der Waals surface area contributed by atoms with E-state index in [-0.39, 0.29) is 12.3 Å². The number of methoxy groups -OCH3 is 2. The minimum absolute atomic E-state index is 0.0207. The third-order valence-electron chi connectivity index (χ3n) is 4.79. The maximum Gasteiger partial charge on any atom is 0.419 e. The van der Waals surface area contributed by atoms with E-state index in [1.807, 2.05) is 30.3 Å². The fourth-order valence-electron chi connectivity index (χ4n) is 3.31. The summed E-state index contributed by atoms with van der Waals surface area (Å²) in [4.78, 5) is 37.7. The van der Waals surface area contributed by atoms with Crippen LogP contribution in [0.4, 0.5) is 9.59 Å². The number of nitrogens with zero attached hydrogens (tertiary/aromatic N) is 1. The van der Waals surface area contributed by atoms with E-state index in [4.69, 9.17) is 18.9 Å². The second-order valence-corrected chi connectivity index (χ2v) is 8.53. The van der Waals surface area contributed by atoms with Crippen LogP contribution in [0.15, 0.2) is 60.4 Å². The molecule has 1 N–H and O–H groups in total. The highest BCUT2D eigenvalue weighted by atomic mass is 16.6. The number of benzene rings is 2. The first-order chi connectivity index (χ1) is 16.6. The molecule has 0 aliphatic heterocycles. The van der Waals surface area contributed by atoms with Gasteiger partial charge in [-0.25, -0.2) is 14.4 Å². The number of nitrogens with one attached hydrogen (secondary N) is 1. The third kappa shape index (κ3) is 6.41. The minimum Gasteiger partial charge on any atom is -0.496 e. The van der Waals surface area contributed by atoms with Crippen LogP contribution in [0.25, 0.3) is 17.0 Å². The number of hydrogen-bond donors (Lipinski definition) is 1. The van der Waals surface area contributed by atoms with Crippen LogP contribution in [0.1, 0.15) is 31.9 Å². The number of hydrogen-bond acceptors (Lipinski definition) is 7. The van der Waals surface area contributed by atoms with Gasteiger partial charge in [0, 0.05) is 17.1 Å². The molecule has 0 aliphatic carbocycles. The van der Waals surface area contributed by atoms with Gasteiger partial charge in [0.25, 0.3) is 0 Å². The van der Waals surface area contributed by atoms with E-state index in [1.165, 1.54) is 31.1 Å². The van der Waals surface area contributed by atoms with E-state index in [9.17, 15) is 14.4 Å². The Hall–Kier alpha value is -4.27. The topological polar surface area (TPSA) is 105 Å². The maximum atomic E-state index is 12.9. The Morgan fingerprint density at radius 1 is 1.00 bits per heavy atom. The van der Waals surface area contributed by atoms with Gasteiger partial charge in [0.2, 0.25) is 0 Å².